The summed E-state index contributed by atoms with van der Waals surface area (Å²) in [4.78, 5) is 33.4. The van der Waals surface area contributed by atoms with Gasteiger partial charge < -0.3 is 20.7 Å². The molecule has 0 aliphatic heterocycles. The van der Waals surface area contributed by atoms with E-state index in [2.05, 4.69) is 36.1 Å². The molecule has 0 saturated carbocycles. The number of carbonyl (C=O) groups excluding carboxylic acids is 2. The van der Waals surface area contributed by atoms with Crippen molar-refractivity contribution in [1.29, 1.82) is 0 Å². The smallest absolute Gasteiger partial charge is 0.307 e. The first-order valence-electron chi connectivity index (χ1n) is 10.3. The molecular weight excluding hydrogens is 468 g/mol. The van der Waals surface area contributed by atoms with Crippen LogP contribution in [-0.4, -0.2) is 62.4 Å². The average Bonchev–Trinajstić information content (AvgIpc) is 3.21. The van der Waals surface area contributed by atoms with Crippen LogP contribution in [0, 0.1) is 0 Å². The summed E-state index contributed by atoms with van der Waals surface area (Å²) in [5.41, 5.74) is 0.745. The Kier molecular flexibility index (Phi) is 8.66. The fraction of sp³-hybridized carbons (Fsp3) is 0.400. The predicted molar refractivity (Wildman–Crippen MR) is 127 cm³/mol. The highest BCUT2D eigenvalue weighted by molar-refractivity contribution is 7.99. The van der Waals surface area contributed by atoms with Crippen LogP contribution < -0.4 is 16.0 Å². The van der Waals surface area contributed by atoms with Crippen molar-refractivity contribution in [1.82, 2.24) is 29.9 Å². The van der Waals surface area contributed by atoms with Crippen molar-refractivity contribution in [3.8, 4) is 0 Å². The largest absolute Gasteiger partial charge is 0.469 e. The number of hydrogen-bond acceptors (Lipinski definition) is 10. The van der Waals surface area contributed by atoms with Crippen molar-refractivity contribution >= 4 is 52.9 Å². The van der Waals surface area contributed by atoms with E-state index >= 15 is 0 Å². The van der Waals surface area contributed by atoms with Crippen LogP contribution in [0.25, 0.3) is 5.78 Å². The van der Waals surface area contributed by atoms with Crippen molar-refractivity contribution in [3.63, 3.8) is 0 Å². The number of thioether (sulfide) groups is 1. The minimum Gasteiger partial charge on any atom is -0.469 e. The number of amides is 1. The van der Waals surface area contributed by atoms with E-state index in [0.29, 0.717) is 40.9 Å². The second kappa shape index (κ2) is 11.7. The summed E-state index contributed by atoms with van der Waals surface area (Å²) >= 11 is 7.14. The zero-order valence-corrected chi connectivity index (χ0v) is 20.0. The number of nitrogens with one attached hydrogen (secondary N) is 3. The highest BCUT2D eigenvalue weighted by Crippen LogP contribution is 2.23. The minimum absolute atomic E-state index is 0.00594. The molecule has 3 aromatic rings. The SMILES string of the molecule is CCNc1nc(NCC)n2c(SCC(=O)NC(CC(=O)OC)c3ccc(Cl)cc3)nnc2n1. The number of hydrogen-bond donors (Lipinski definition) is 3. The molecule has 0 fully saturated rings. The molecule has 176 valence electrons. The average molecular weight is 493 g/mol. The Morgan fingerprint density at radius 2 is 1.85 bits per heavy atom. The van der Waals surface area contributed by atoms with Gasteiger partial charge in [0.25, 0.3) is 5.78 Å². The van der Waals surface area contributed by atoms with Crippen molar-refractivity contribution in [2.75, 3.05) is 36.6 Å². The van der Waals surface area contributed by atoms with Crippen LogP contribution in [0.4, 0.5) is 11.9 Å². The molecule has 3 rings (SSSR count). The zero-order valence-electron chi connectivity index (χ0n) is 18.5. The van der Waals surface area contributed by atoms with E-state index in [9.17, 15) is 9.59 Å². The first-order valence-corrected chi connectivity index (χ1v) is 11.7. The monoisotopic (exact) mass is 492 g/mol. The molecule has 0 bridgehead atoms. The Balaban J connectivity index is 1.74. The van der Waals surface area contributed by atoms with E-state index in [-0.39, 0.29) is 18.1 Å². The fourth-order valence-corrected chi connectivity index (χ4v) is 3.83. The Morgan fingerprint density at radius 1 is 1.12 bits per heavy atom. The second-order valence-electron chi connectivity index (χ2n) is 6.79. The van der Waals surface area contributed by atoms with E-state index < -0.39 is 12.0 Å². The van der Waals surface area contributed by atoms with Gasteiger partial charge in [-0.2, -0.15) is 9.97 Å². The number of anilines is 2. The third-order valence-corrected chi connectivity index (χ3v) is 5.63. The lowest BCUT2D eigenvalue weighted by molar-refractivity contribution is -0.141. The van der Waals surface area contributed by atoms with Crippen molar-refractivity contribution in [2.45, 2.75) is 31.5 Å². The molecule has 0 radical (unpaired) electrons. The summed E-state index contributed by atoms with van der Waals surface area (Å²) in [6.07, 6.45) is -0.00594. The Hall–Kier alpha value is -3.12. The fourth-order valence-electron chi connectivity index (χ4n) is 2.96. The number of nitrogens with zero attached hydrogens (tertiary/aromatic N) is 5. The molecule has 1 unspecified atom stereocenters. The van der Waals surface area contributed by atoms with Crippen LogP contribution in [0.3, 0.4) is 0 Å². The maximum Gasteiger partial charge on any atom is 0.307 e. The number of fused-ring (bicyclic) bond motifs is 1. The molecular formula is C20H25ClN8O3S. The molecule has 3 N–H and O–H groups in total. The third-order valence-electron chi connectivity index (χ3n) is 4.45. The van der Waals surface area contributed by atoms with E-state index in [1.165, 1.54) is 18.9 Å². The standard InChI is InChI=1S/C20H25ClN8O3S/c1-4-22-17-25-18(23-5-2)29-19(26-17)27-28-20(29)33-11-15(30)24-14(10-16(31)32-3)12-6-8-13(21)9-7-12/h6-9,14H,4-5,10-11H2,1-3H3,(H,24,30)(H2,22,23,25,26,27). The van der Waals surface area contributed by atoms with Gasteiger partial charge in [0.2, 0.25) is 17.8 Å². The molecule has 11 nitrogen and oxygen atoms in total. The minimum atomic E-state index is -0.554. The van der Waals surface area contributed by atoms with Gasteiger partial charge in [-0.3, -0.25) is 9.59 Å². The molecule has 1 amide bonds. The van der Waals surface area contributed by atoms with Crippen molar-refractivity contribution < 1.29 is 14.3 Å². The normalized spacial score (nSPS) is 11.8. The number of benzene rings is 1. The van der Waals surface area contributed by atoms with Gasteiger partial charge in [-0.25, -0.2) is 4.40 Å². The van der Waals surface area contributed by atoms with E-state index in [0.717, 1.165) is 5.56 Å². The van der Waals surface area contributed by atoms with Crippen LogP contribution >= 0.6 is 23.4 Å². The molecule has 1 aromatic carbocycles. The quantitative estimate of drug-likeness (QED) is 0.270. The Bertz CT molecular complexity index is 1110. The number of esters is 1. The van der Waals surface area contributed by atoms with Crippen LogP contribution in [0.15, 0.2) is 29.4 Å². The maximum absolute atomic E-state index is 12.7. The van der Waals surface area contributed by atoms with Gasteiger partial charge in [-0.05, 0) is 31.5 Å². The summed E-state index contributed by atoms with van der Waals surface area (Å²) < 4.78 is 6.43. The number of rotatable bonds is 11. The van der Waals surface area contributed by atoms with E-state index in [4.69, 9.17) is 16.3 Å². The van der Waals surface area contributed by atoms with Crippen LogP contribution in [0.5, 0.6) is 0 Å². The molecule has 0 aliphatic carbocycles. The number of carbonyl (C=O) groups is 2. The lowest BCUT2D eigenvalue weighted by Gasteiger charge is -2.18. The van der Waals surface area contributed by atoms with Gasteiger partial charge >= 0.3 is 5.97 Å². The van der Waals surface area contributed by atoms with Gasteiger partial charge in [0.1, 0.15) is 0 Å². The van der Waals surface area contributed by atoms with Crippen molar-refractivity contribution in [2.24, 2.45) is 0 Å². The molecule has 13 heteroatoms. The number of halogens is 1. The first kappa shape index (κ1) is 24.5. The Labute approximate surface area is 200 Å². The van der Waals surface area contributed by atoms with Crippen LogP contribution in [0.1, 0.15) is 31.9 Å². The second-order valence-corrected chi connectivity index (χ2v) is 8.17. The summed E-state index contributed by atoms with van der Waals surface area (Å²) in [6.45, 7) is 5.19. The van der Waals surface area contributed by atoms with E-state index in [1.807, 2.05) is 13.8 Å². The molecule has 1 atom stereocenters. The van der Waals surface area contributed by atoms with Gasteiger partial charge in [0.15, 0.2) is 5.16 Å². The van der Waals surface area contributed by atoms with Gasteiger partial charge in [-0.1, -0.05) is 35.5 Å². The summed E-state index contributed by atoms with van der Waals surface area (Å²) in [5.74, 6) is 0.662. The summed E-state index contributed by atoms with van der Waals surface area (Å²) in [6, 6.07) is 6.37. The van der Waals surface area contributed by atoms with Crippen LogP contribution in [-0.2, 0) is 14.3 Å². The molecule has 2 heterocycles. The lowest BCUT2D eigenvalue weighted by atomic mass is 10.0. The molecule has 2 aromatic heterocycles. The predicted octanol–water partition coefficient (Wildman–Crippen LogP) is 2.55. The maximum atomic E-state index is 12.7. The van der Waals surface area contributed by atoms with Gasteiger partial charge in [0, 0.05) is 18.1 Å². The topological polar surface area (TPSA) is 135 Å². The van der Waals surface area contributed by atoms with E-state index in [1.54, 1.807) is 28.7 Å². The number of aromatic nitrogens is 5. The molecule has 0 aliphatic rings. The number of ether oxygens (including phenoxy) is 1. The zero-order chi connectivity index (χ0) is 23.8. The molecule has 0 spiro atoms. The first-order chi connectivity index (χ1) is 15.9. The van der Waals surface area contributed by atoms with Crippen molar-refractivity contribution in [3.05, 3.63) is 34.9 Å². The summed E-state index contributed by atoms with van der Waals surface area (Å²) in [5, 5.41) is 18.4. The van der Waals surface area contributed by atoms with Gasteiger partial charge in [0.05, 0.1) is 25.3 Å². The Morgan fingerprint density at radius 3 is 2.52 bits per heavy atom. The lowest BCUT2D eigenvalue weighted by Crippen LogP contribution is -2.31. The number of methoxy groups -OCH3 is 1. The highest BCUT2D eigenvalue weighted by atomic mass is 35.5. The third kappa shape index (κ3) is 6.45. The molecule has 33 heavy (non-hydrogen) atoms. The van der Waals surface area contributed by atoms with Gasteiger partial charge in [-0.15, -0.1) is 10.2 Å². The van der Waals surface area contributed by atoms with Crippen LogP contribution in [0.2, 0.25) is 5.02 Å². The highest BCUT2D eigenvalue weighted by Gasteiger charge is 2.21. The molecule has 0 saturated heterocycles. The summed E-state index contributed by atoms with van der Waals surface area (Å²) in [7, 11) is 1.31.